The number of likely N-dealkylation sites (tertiary alicyclic amines) is 1. The molecular weight excluding hydrogens is 382 g/mol. The summed E-state index contributed by atoms with van der Waals surface area (Å²) in [7, 11) is 3.25. The van der Waals surface area contributed by atoms with Gasteiger partial charge in [-0.3, -0.25) is 4.79 Å². The van der Waals surface area contributed by atoms with Crippen LogP contribution in [0.15, 0.2) is 53.1 Å². The normalized spacial score (nSPS) is 14.5. The number of benzene rings is 2. The molecule has 0 unspecified atom stereocenters. The smallest absolute Gasteiger partial charge is 0.261 e. The predicted molar refractivity (Wildman–Crippen MR) is 112 cm³/mol. The maximum absolute atomic E-state index is 12.7. The van der Waals surface area contributed by atoms with Crippen molar-refractivity contribution in [2.45, 2.75) is 25.2 Å². The maximum atomic E-state index is 12.7. The number of piperidine rings is 1. The molecule has 0 N–H and O–H groups in total. The van der Waals surface area contributed by atoms with Gasteiger partial charge in [0.05, 0.1) is 26.2 Å². The van der Waals surface area contributed by atoms with Gasteiger partial charge in [-0.1, -0.05) is 29.4 Å². The average Bonchev–Trinajstić information content (AvgIpc) is 3.30. The Bertz CT molecular complexity index is 992. The molecule has 1 amide bonds. The Kier molecular flexibility index (Phi) is 5.97. The quantitative estimate of drug-likeness (QED) is 0.620. The van der Waals surface area contributed by atoms with Crippen molar-refractivity contribution >= 4 is 5.91 Å². The third-order valence-corrected chi connectivity index (χ3v) is 5.51. The summed E-state index contributed by atoms with van der Waals surface area (Å²) in [4.78, 5) is 19.2. The Morgan fingerprint density at radius 1 is 1.07 bits per heavy atom. The van der Waals surface area contributed by atoms with Crippen LogP contribution >= 0.6 is 0 Å². The molecule has 1 aliphatic rings. The van der Waals surface area contributed by atoms with Crippen LogP contribution in [-0.2, 0) is 11.2 Å². The Balaban J connectivity index is 1.35. The van der Waals surface area contributed by atoms with Crippen molar-refractivity contribution < 1.29 is 18.8 Å². The Morgan fingerprint density at radius 3 is 2.50 bits per heavy atom. The van der Waals surface area contributed by atoms with Gasteiger partial charge in [0.2, 0.25) is 5.91 Å². The molecule has 1 aliphatic heterocycles. The van der Waals surface area contributed by atoms with E-state index in [0.717, 1.165) is 29.7 Å². The number of para-hydroxylation sites is 1. The molecule has 0 atom stereocenters. The van der Waals surface area contributed by atoms with E-state index in [1.54, 1.807) is 14.2 Å². The number of aromatic nitrogens is 2. The van der Waals surface area contributed by atoms with Gasteiger partial charge >= 0.3 is 0 Å². The molecule has 0 saturated carbocycles. The lowest BCUT2D eigenvalue weighted by molar-refractivity contribution is -0.131. The molecule has 0 bridgehead atoms. The molecule has 1 saturated heterocycles. The van der Waals surface area contributed by atoms with Crippen molar-refractivity contribution in [3.8, 4) is 23.0 Å². The van der Waals surface area contributed by atoms with Gasteiger partial charge in [0.1, 0.15) is 11.5 Å². The van der Waals surface area contributed by atoms with Crippen molar-refractivity contribution in [1.82, 2.24) is 15.0 Å². The lowest BCUT2D eigenvalue weighted by Gasteiger charge is -2.30. The number of hydrogen-bond acceptors (Lipinski definition) is 6. The SMILES string of the molecule is COc1ccc(CC(=O)N2CCC(c3noc(-c4ccccc4OC)n3)CC2)cc1. The monoisotopic (exact) mass is 407 g/mol. The van der Waals surface area contributed by atoms with E-state index < -0.39 is 0 Å². The van der Waals surface area contributed by atoms with Gasteiger partial charge in [-0.05, 0) is 42.7 Å². The van der Waals surface area contributed by atoms with Crippen LogP contribution < -0.4 is 9.47 Å². The summed E-state index contributed by atoms with van der Waals surface area (Å²) in [5.41, 5.74) is 1.77. The standard InChI is InChI=1S/C23H25N3O4/c1-28-18-9-7-16(8-10-18)15-21(27)26-13-11-17(12-14-26)22-24-23(30-25-22)19-5-3-4-6-20(19)29-2/h3-10,17H,11-15H2,1-2H3. The zero-order valence-corrected chi connectivity index (χ0v) is 17.2. The largest absolute Gasteiger partial charge is 0.497 e. The fraction of sp³-hybridized carbons (Fsp3) is 0.348. The van der Waals surface area contributed by atoms with E-state index >= 15 is 0 Å². The van der Waals surface area contributed by atoms with Gasteiger partial charge in [-0.15, -0.1) is 0 Å². The predicted octanol–water partition coefficient (Wildman–Crippen LogP) is 3.70. The minimum Gasteiger partial charge on any atom is -0.497 e. The molecule has 156 valence electrons. The summed E-state index contributed by atoms with van der Waals surface area (Å²) in [6.45, 7) is 1.39. The third kappa shape index (κ3) is 4.30. The molecule has 0 spiro atoms. The number of hydrogen-bond donors (Lipinski definition) is 0. The number of carbonyl (C=O) groups excluding carboxylic acids is 1. The highest BCUT2D eigenvalue weighted by Crippen LogP contribution is 2.31. The Labute approximate surface area is 175 Å². The summed E-state index contributed by atoms with van der Waals surface area (Å²) in [5.74, 6) is 2.97. The summed E-state index contributed by atoms with van der Waals surface area (Å²) >= 11 is 0. The lowest BCUT2D eigenvalue weighted by Crippen LogP contribution is -2.39. The summed E-state index contributed by atoms with van der Waals surface area (Å²) in [6, 6.07) is 15.2. The maximum Gasteiger partial charge on any atom is 0.261 e. The van der Waals surface area contributed by atoms with Crippen LogP contribution in [0.3, 0.4) is 0 Å². The van der Waals surface area contributed by atoms with Gasteiger partial charge in [-0.2, -0.15) is 4.98 Å². The number of methoxy groups -OCH3 is 2. The van der Waals surface area contributed by atoms with Crippen LogP contribution in [-0.4, -0.2) is 48.3 Å². The first kappa shape index (κ1) is 19.9. The molecule has 7 nitrogen and oxygen atoms in total. The highest BCUT2D eigenvalue weighted by atomic mass is 16.5. The van der Waals surface area contributed by atoms with Crippen LogP contribution in [0.25, 0.3) is 11.5 Å². The Morgan fingerprint density at radius 2 is 1.80 bits per heavy atom. The molecule has 1 fully saturated rings. The van der Waals surface area contributed by atoms with Crippen molar-refractivity contribution in [2.75, 3.05) is 27.3 Å². The fourth-order valence-electron chi connectivity index (χ4n) is 3.75. The van der Waals surface area contributed by atoms with Crippen molar-refractivity contribution in [2.24, 2.45) is 0 Å². The molecule has 4 rings (SSSR count). The van der Waals surface area contributed by atoms with Crippen molar-refractivity contribution in [1.29, 1.82) is 0 Å². The number of amides is 1. The zero-order chi connectivity index (χ0) is 20.9. The third-order valence-electron chi connectivity index (χ3n) is 5.51. The number of rotatable bonds is 6. The minimum absolute atomic E-state index is 0.140. The second kappa shape index (κ2) is 8.98. The van der Waals surface area contributed by atoms with E-state index in [1.807, 2.05) is 53.4 Å². The highest BCUT2D eigenvalue weighted by molar-refractivity contribution is 5.79. The molecule has 2 heterocycles. The first-order valence-electron chi connectivity index (χ1n) is 10.1. The molecule has 0 radical (unpaired) electrons. The molecule has 30 heavy (non-hydrogen) atoms. The van der Waals surface area contributed by atoms with Crippen molar-refractivity contribution in [3.63, 3.8) is 0 Å². The first-order chi connectivity index (χ1) is 14.7. The van der Waals surface area contributed by atoms with Crippen LogP contribution in [0.1, 0.15) is 30.1 Å². The summed E-state index contributed by atoms with van der Waals surface area (Å²) in [5, 5.41) is 4.19. The second-order valence-corrected chi connectivity index (χ2v) is 7.34. The van der Waals surface area contributed by atoms with Crippen LogP contribution in [0, 0.1) is 0 Å². The van der Waals surface area contributed by atoms with E-state index in [9.17, 15) is 4.79 Å². The van der Waals surface area contributed by atoms with E-state index in [4.69, 9.17) is 14.0 Å². The highest BCUT2D eigenvalue weighted by Gasteiger charge is 2.27. The zero-order valence-electron chi connectivity index (χ0n) is 17.2. The average molecular weight is 407 g/mol. The second-order valence-electron chi connectivity index (χ2n) is 7.34. The first-order valence-corrected chi connectivity index (χ1v) is 10.1. The van der Waals surface area contributed by atoms with Gasteiger partial charge < -0.3 is 18.9 Å². The molecule has 7 heteroatoms. The van der Waals surface area contributed by atoms with Gasteiger partial charge in [-0.25, -0.2) is 0 Å². The van der Waals surface area contributed by atoms with Crippen LogP contribution in [0.2, 0.25) is 0 Å². The fourth-order valence-corrected chi connectivity index (χ4v) is 3.75. The summed E-state index contributed by atoms with van der Waals surface area (Å²) in [6.07, 6.45) is 2.04. The molecule has 2 aromatic carbocycles. The number of carbonyl (C=O) groups is 1. The Hall–Kier alpha value is -3.35. The number of ether oxygens (including phenoxy) is 2. The minimum atomic E-state index is 0.140. The van der Waals surface area contributed by atoms with Crippen LogP contribution in [0.4, 0.5) is 0 Å². The molecule has 1 aromatic heterocycles. The topological polar surface area (TPSA) is 77.7 Å². The molecular formula is C23H25N3O4. The van der Waals surface area contributed by atoms with E-state index in [2.05, 4.69) is 10.1 Å². The lowest BCUT2D eigenvalue weighted by atomic mass is 9.95. The van der Waals surface area contributed by atoms with E-state index in [1.165, 1.54) is 0 Å². The number of nitrogens with zero attached hydrogens (tertiary/aromatic N) is 3. The van der Waals surface area contributed by atoms with E-state index in [0.29, 0.717) is 37.0 Å². The van der Waals surface area contributed by atoms with Crippen molar-refractivity contribution in [3.05, 3.63) is 59.9 Å². The van der Waals surface area contributed by atoms with E-state index in [-0.39, 0.29) is 11.8 Å². The van der Waals surface area contributed by atoms with Crippen LogP contribution in [0.5, 0.6) is 11.5 Å². The molecule has 0 aliphatic carbocycles. The van der Waals surface area contributed by atoms with Gasteiger partial charge in [0.15, 0.2) is 5.82 Å². The van der Waals surface area contributed by atoms with Gasteiger partial charge in [0, 0.05) is 19.0 Å². The molecule has 3 aromatic rings. The van der Waals surface area contributed by atoms with Gasteiger partial charge in [0.25, 0.3) is 5.89 Å². The summed E-state index contributed by atoms with van der Waals surface area (Å²) < 4.78 is 16.0.